The molecule has 0 aromatic rings. The van der Waals surface area contributed by atoms with E-state index < -0.39 is 11.8 Å². The van der Waals surface area contributed by atoms with Crippen molar-refractivity contribution in [3.63, 3.8) is 0 Å². The zero-order valence-corrected chi connectivity index (χ0v) is 9.95. The summed E-state index contributed by atoms with van der Waals surface area (Å²) in [5.41, 5.74) is 0. The molecular weight excluding hydrogens is 192 g/mol. The van der Waals surface area contributed by atoms with Crippen LogP contribution in [-0.2, 0) is 14.3 Å². The number of hydrogen-bond acceptors (Lipinski definition) is 3. The molecule has 0 saturated carbocycles. The van der Waals surface area contributed by atoms with E-state index in [-0.39, 0.29) is 17.9 Å². The van der Waals surface area contributed by atoms with Gasteiger partial charge in [0.15, 0.2) is 0 Å². The number of ether oxygens (including phenoxy) is 1. The highest BCUT2D eigenvalue weighted by molar-refractivity contribution is 6.34. The molecule has 0 spiro atoms. The summed E-state index contributed by atoms with van der Waals surface area (Å²) in [6.45, 7) is 10.9. The lowest BCUT2D eigenvalue weighted by Crippen LogP contribution is -2.30. The number of hydrogen-bond donors (Lipinski definition) is 0. The molecule has 15 heavy (non-hydrogen) atoms. The minimum absolute atomic E-state index is 0.121. The van der Waals surface area contributed by atoms with Crippen LogP contribution in [0.1, 0.15) is 34.1 Å². The summed E-state index contributed by atoms with van der Waals surface area (Å²) in [5, 5.41) is 0. The lowest BCUT2D eigenvalue weighted by Gasteiger charge is -2.17. The van der Waals surface area contributed by atoms with E-state index in [0.717, 1.165) is 0 Å². The van der Waals surface area contributed by atoms with E-state index in [9.17, 15) is 9.59 Å². The summed E-state index contributed by atoms with van der Waals surface area (Å²) in [5.74, 6) is -1.37. The SMILES string of the molecule is C=CCC(C(=O)C(=O)OC(C)C)C(C)C. The molecular formula is C12H20O3. The minimum atomic E-state index is -0.731. The monoisotopic (exact) mass is 212 g/mol. The highest BCUT2D eigenvalue weighted by atomic mass is 16.5. The lowest BCUT2D eigenvalue weighted by molar-refractivity contribution is -0.159. The molecule has 1 atom stereocenters. The third-order valence-electron chi connectivity index (χ3n) is 2.11. The Kier molecular flexibility index (Phi) is 5.90. The van der Waals surface area contributed by atoms with E-state index in [2.05, 4.69) is 6.58 Å². The van der Waals surface area contributed by atoms with Crippen LogP contribution in [0.5, 0.6) is 0 Å². The van der Waals surface area contributed by atoms with Gasteiger partial charge in [0.25, 0.3) is 0 Å². The van der Waals surface area contributed by atoms with E-state index in [4.69, 9.17) is 4.74 Å². The summed E-state index contributed by atoms with van der Waals surface area (Å²) < 4.78 is 4.87. The van der Waals surface area contributed by atoms with Gasteiger partial charge in [-0.1, -0.05) is 19.9 Å². The molecule has 0 radical (unpaired) electrons. The molecule has 0 aliphatic carbocycles. The molecule has 0 aromatic carbocycles. The van der Waals surface area contributed by atoms with Crippen LogP contribution >= 0.6 is 0 Å². The number of carbonyl (C=O) groups is 2. The first-order valence-electron chi connectivity index (χ1n) is 5.25. The van der Waals surface area contributed by atoms with Crippen molar-refractivity contribution in [1.82, 2.24) is 0 Å². The van der Waals surface area contributed by atoms with E-state index in [1.54, 1.807) is 19.9 Å². The number of rotatable bonds is 6. The quantitative estimate of drug-likeness (QED) is 0.385. The number of carbonyl (C=O) groups excluding carboxylic acids is 2. The van der Waals surface area contributed by atoms with Crippen molar-refractivity contribution in [1.29, 1.82) is 0 Å². The first-order chi connectivity index (χ1) is 6.90. The van der Waals surface area contributed by atoms with Gasteiger partial charge in [-0.3, -0.25) is 4.79 Å². The summed E-state index contributed by atoms with van der Waals surface area (Å²) in [6, 6.07) is 0. The highest BCUT2D eigenvalue weighted by Crippen LogP contribution is 2.17. The standard InChI is InChI=1S/C12H20O3/c1-6-7-10(8(2)3)11(13)12(14)15-9(4)5/h6,8-10H,1,7H2,2-5H3. The first kappa shape index (κ1) is 13.9. The Labute approximate surface area is 91.5 Å². The predicted octanol–water partition coefficient (Wildman–Crippen LogP) is 2.36. The average molecular weight is 212 g/mol. The minimum Gasteiger partial charge on any atom is -0.457 e. The fourth-order valence-corrected chi connectivity index (χ4v) is 1.29. The van der Waals surface area contributed by atoms with Crippen molar-refractivity contribution < 1.29 is 14.3 Å². The van der Waals surface area contributed by atoms with Crippen LogP contribution in [0.25, 0.3) is 0 Å². The Bertz CT molecular complexity index is 241. The Morgan fingerprint density at radius 3 is 2.13 bits per heavy atom. The van der Waals surface area contributed by atoms with Crippen LogP contribution in [0.4, 0.5) is 0 Å². The largest absolute Gasteiger partial charge is 0.457 e. The van der Waals surface area contributed by atoms with Crippen LogP contribution < -0.4 is 0 Å². The lowest BCUT2D eigenvalue weighted by atomic mass is 9.88. The van der Waals surface area contributed by atoms with Crippen molar-refractivity contribution in [2.75, 3.05) is 0 Å². The Morgan fingerprint density at radius 2 is 1.80 bits per heavy atom. The molecule has 0 saturated heterocycles. The van der Waals surface area contributed by atoms with Gasteiger partial charge in [0.2, 0.25) is 5.78 Å². The maximum atomic E-state index is 11.7. The second-order valence-electron chi connectivity index (χ2n) is 4.19. The van der Waals surface area contributed by atoms with Gasteiger partial charge in [-0.2, -0.15) is 0 Å². The smallest absolute Gasteiger partial charge is 0.375 e. The normalized spacial score (nSPS) is 12.7. The molecule has 0 aliphatic heterocycles. The van der Waals surface area contributed by atoms with Gasteiger partial charge in [0, 0.05) is 5.92 Å². The Hall–Kier alpha value is -1.12. The molecule has 0 bridgehead atoms. The first-order valence-corrected chi connectivity index (χ1v) is 5.25. The predicted molar refractivity (Wildman–Crippen MR) is 59.4 cm³/mol. The van der Waals surface area contributed by atoms with Gasteiger partial charge >= 0.3 is 5.97 Å². The fourth-order valence-electron chi connectivity index (χ4n) is 1.29. The van der Waals surface area contributed by atoms with Crippen molar-refractivity contribution in [3.05, 3.63) is 12.7 Å². The Morgan fingerprint density at radius 1 is 1.27 bits per heavy atom. The zero-order valence-electron chi connectivity index (χ0n) is 9.95. The van der Waals surface area contributed by atoms with Crippen molar-refractivity contribution in [2.24, 2.45) is 11.8 Å². The fraction of sp³-hybridized carbons (Fsp3) is 0.667. The molecule has 3 nitrogen and oxygen atoms in total. The van der Waals surface area contributed by atoms with E-state index >= 15 is 0 Å². The highest BCUT2D eigenvalue weighted by Gasteiger charge is 2.28. The van der Waals surface area contributed by atoms with Gasteiger partial charge in [-0.05, 0) is 26.2 Å². The van der Waals surface area contributed by atoms with Gasteiger partial charge in [-0.15, -0.1) is 6.58 Å². The van der Waals surface area contributed by atoms with Crippen molar-refractivity contribution >= 4 is 11.8 Å². The zero-order chi connectivity index (χ0) is 12.0. The van der Waals surface area contributed by atoms with E-state index in [0.29, 0.717) is 6.42 Å². The molecule has 0 rings (SSSR count). The number of esters is 1. The number of ketones is 1. The van der Waals surface area contributed by atoms with Crippen molar-refractivity contribution in [3.8, 4) is 0 Å². The van der Waals surface area contributed by atoms with Crippen LogP contribution in [0.15, 0.2) is 12.7 Å². The molecule has 1 unspecified atom stereocenters. The molecule has 0 N–H and O–H groups in total. The van der Waals surface area contributed by atoms with Crippen LogP contribution in [-0.4, -0.2) is 17.9 Å². The summed E-state index contributed by atoms with van der Waals surface area (Å²) >= 11 is 0. The van der Waals surface area contributed by atoms with Gasteiger partial charge in [-0.25, -0.2) is 4.79 Å². The average Bonchev–Trinajstić information content (AvgIpc) is 2.11. The van der Waals surface area contributed by atoms with Gasteiger partial charge in [0.05, 0.1) is 6.10 Å². The van der Waals surface area contributed by atoms with Crippen LogP contribution in [0.2, 0.25) is 0 Å². The maximum absolute atomic E-state index is 11.7. The molecule has 0 heterocycles. The molecule has 0 amide bonds. The van der Waals surface area contributed by atoms with Crippen LogP contribution in [0.3, 0.4) is 0 Å². The maximum Gasteiger partial charge on any atom is 0.375 e. The Balaban J connectivity index is 4.49. The molecule has 0 aromatic heterocycles. The molecule has 86 valence electrons. The van der Waals surface area contributed by atoms with Gasteiger partial charge in [0.1, 0.15) is 0 Å². The third kappa shape index (κ3) is 4.77. The summed E-state index contributed by atoms with van der Waals surface area (Å²) in [6.07, 6.45) is 1.92. The second kappa shape index (κ2) is 6.38. The van der Waals surface area contributed by atoms with Crippen molar-refractivity contribution in [2.45, 2.75) is 40.2 Å². The summed E-state index contributed by atoms with van der Waals surface area (Å²) in [4.78, 5) is 23.1. The van der Waals surface area contributed by atoms with Crippen LogP contribution in [0, 0.1) is 11.8 Å². The molecule has 0 aliphatic rings. The van der Waals surface area contributed by atoms with Gasteiger partial charge < -0.3 is 4.74 Å². The number of allylic oxidation sites excluding steroid dienone is 1. The molecule has 0 fully saturated rings. The number of Topliss-reactive ketones (excluding diaryl/α,β-unsaturated/α-hetero) is 1. The molecule has 3 heteroatoms. The summed E-state index contributed by atoms with van der Waals surface area (Å²) in [7, 11) is 0. The topological polar surface area (TPSA) is 43.4 Å². The third-order valence-corrected chi connectivity index (χ3v) is 2.11. The second-order valence-corrected chi connectivity index (χ2v) is 4.19. The van der Waals surface area contributed by atoms with E-state index in [1.165, 1.54) is 0 Å². The van der Waals surface area contributed by atoms with E-state index in [1.807, 2.05) is 13.8 Å².